The van der Waals surface area contributed by atoms with E-state index in [2.05, 4.69) is 108 Å². The van der Waals surface area contributed by atoms with Gasteiger partial charge in [-0.05, 0) is 36.4 Å². The standard InChI is InChI=1S/C29H18N2S/c1-4-13-26-21(10-1)22-11-2-5-14-27(22)31(26)20-9-7-8-19(16-20)25-17-29-24(18-30-25)23-12-3-6-15-28(23)32-29/h1-18H. The van der Waals surface area contributed by atoms with Gasteiger partial charge in [0.05, 0.1) is 16.7 Å². The number of hydrogen-bond acceptors (Lipinski definition) is 2. The van der Waals surface area contributed by atoms with Gasteiger partial charge in [0.1, 0.15) is 0 Å². The van der Waals surface area contributed by atoms with Gasteiger partial charge in [0.2, 0.25) is 0 Å². The molecule has 4 aromatic carbocycles. The summed E-state index contributed by atoms with van der Waals surface area (Å²) in [5.74, 6) is 0. The van der Waals surface area contributed by atoms with E-state index in [1.165, 1.54) is 42.0 Å². The fourth-order valence-electron chi connectivity index (χ4n) is 4.78. The van der Waals surface area contributed by atoms with E-state index in [0.717, 1.165) is 16.9 Å². The summed E-state index contributed by atoms with van der Waals surface area (Å²) in [5, 5.41) is 5.06. The molecule has 0 saturated heterocycles. The number of nitrogens with zero attached hydrogens (tertiary/aromatic N) is 2. The minimum Gasteiger partial charge on any atom is -0.309 e. The van der Waals surface area contributed by atoms with Crippen LogP contribution >= 0.6 is 11.3 Å². The molecule has 7 rings (SSSR count). The lowest BCUT2D eigenvalue weighted by Gasteiger charge is -2.10. The minimum atomic E-state index is 1.01. The molecule has 0 aliphatic carbocycles. The maximum absolute atomic E-state index is 4.84. The van der Waals surface area contributed by atoms with Crippen LogP contribution in [-0.2, 0) is 0 Å². The van der Waals surface area contributed by atoms with Crippen LogP contribution < -0.4 is 0 Å². The van der Waals surface area contributed by atoms with Gasteiger partial charge in [-0.1, -0.05) is 66.7 Å². The van der Waals surface area contributed by atoms with Crippen LogP contribution in [0.5, 0.6) is 0 Å². The predicted octanol–water partition coefficient (Wildman–Crippen LogP) is 8.21. The molecule has 3 heterocycles. The summed E-state index contributed by atoms with van der Waals surface area (Å²) in [6.45, 7) is 0. The van der Waals surface area contributed by atoms with Crippen LogP contribution in [0.1, 0.15) is 0 Å². The zero-order valence-corrected chi connectivity index (χ0v) is 18.0. The number of fused-ring (bicyclic) bond motifs is 6. The van der Waals surface area contributed by atoms with Crippen molar-refractivity contribution in [3.05, 3.63) is 109 Å². The molecule has 0 aliphatic heterocycles. The molecule has 0 saturated carbocycles. The first-order valence-corrected chi connectivity index (χ1v) is 11.5. The molecule has 7 aromatic rings. The quantitative estimate of drug-likeness (QED) is 0.272. The molecular formula is C29H18N2S. The number of hydrogen-bond donors (Lipinski definition) is 0. The van der Waals surface area contributed by atoms with Crippen molar-refractivity contribution in [1.29, 1.82) is 0 Å². The molecule has 2 nitrogen and oxygen atoms in total. The average Bonchev–Trinajstić information content (AvgIpc) is 3.39. The molecule has 0 unspecified atom stereocenters. The Bertz CT molecular complexity index is 1730. The Kier molecular flexibility index (Phi) is 3.75. The lowest BCUT2D eigenvalue weighted by Crippen LogP contribution is -1.94. The summed E-state index contributed by atoms with van der Waals surface area (Å²) >= 11 is 1.83. The smallest absolute Gasteiger partial charge is 0.0717 e. The largest absolute Gasteiger partial charge is 0.309 e. The van der Waals surface area contributed by atoms with Gasteiger partial charge in [-0.25, -0.2) is 0 Å². The molecule has 32 heavy (non-hydrogen) atoms. The van der Waals surface area contributed by atoms with Crippen LogP contribution in [0, 0.1) is 0 Å². The second-order valence-electron chi connectivity index (χ2n) is 8.08. The van der Waals surface area contributed by atoms with Gasteiger partial charge in [0.15, 0.2) is 0 Å². The molecule has 0 radical (unpaired) electrons. The highest BCUT2D eigenvalue weighted by molar-refractivity contribution is 7.25. The first-order chi connectivity index (χ1) is 15.9. The first kappa shape index (κ1) is 17.7. The van der Waals surface area contributed by atoms with Crippen LogP contribution in [0.25, 0.3) is 58.9 Å². The molecule has 150 valence electrons. The van der Waals surface area contributed by atoms with E-state index in [1.807, 2.05) is 17.5 Å². The Labute approximate surface area is 189 Å². The number of aromatic nitrogens is 2. The first-order valence-electron chi connectivity index (χ1n) is 10.7. The topological polar surface area (TPSA) is 17.8 Å². The maximum atomic E-state index is 4.84. The van der Waals surface area contributed by atoms with Crippen molar-refractivity contribution in [2.24, 2.45) is 0 Å². The summed E-state index contributed by atoms with van der Waals surface area (Å²) in [7, 11) is 0. The van der Waals surface area contributed by atoms with Gasteiger partial charge in [-0.2, -0.15) is 0 Å². The summed E-state index contributed by atoms with van der Waals surface area (Å²) in [6.07, 6.45) is 2.02. The van der Waals surface area contributed by atoms with Gasteiger partial charge in [0, 0.05) is 48.4 Å². The van der Waals surface area contributed by atoms with Crippen molar-refractivity contribution in [3.63, 3.8) is 0 Å². The van der Waals surface area contributed by atoms with Gasteiger partial charge in [-0.15, -0.1) is 11.3 Å². The van der Waals surface area contributed by atoms with E-state index in [-0.39, 0.29) is 0 Å². The molecule has 0 amide bonds. The zero-order valence-electron chi connectivity index (χ0n) is 17.2. The number of para-hydroxylation sites is 2. The van der Waals surface area contributed by atoms with Crippen LogP contribution in [0.15, 0.2) is 109 Å². The van der Waals surface area contributed by atoms with E-state index in [4.69, 9.17) is 4.98 Å². The van der Waals surface area contributed by atoms with Crippen molar-refractivity contribution in [1.82, 2.24) is 9.55 Å². The van der Waals surface area contributed by atoms with E-state index >= 15 is 0 Å². The fraction of sp³-hybridized carbons (Fsp3) is 0. The van der Waals surface area contributed by atoms with Crippen LogP contribution in [0.3, 0.4) is 0 Å². The van der Waals surface area contributed by atoms with Crippen molar-refractivity contribution in [2.45, 2.75) is 0 Å². The van der Waals surface area contributed by atoms with E-state index in [1.54, 1.807) is 0 Å². The van der Waals surface area contributed by atoms with E-state index in [9.17, 15) is 0 Å². The van der Waals surface area contributed by atoms with Gasteiger partial charge in [-0.3, -0.25) is 4.98 Å². The third-order valence-corrected chi connectivity index (χ3v) is 7.38. The normalized spacial score (nSPS) is 11.8. The number of benzene rings is 4. The van der Waals surface area contributed by atoms with Crippen LogP contribution in [-0.4, -0.2) is 9.55 Å². The Morgan fingerprint density at radius 2 is 1.25 bits per heavy atom. The van der Waals surface area contributed by atoms with Crippen molar-refractivity contribution < 1.29 is 0 Å². The van der Waals surface area contributed by atoms with Crippen LogP contribution in [0.2, 0.25) is 0 Å². The summed E-state index contributed by atoms with van der Waals surface area (Å²) in [6, 6.07) is 36.7. The Hall–Kier alpha value is -3.95. The molecule has 0 aliphatic rings. The van der Waals surface area contributed by atoms with E-state index in [0.29, 0.717) is 0 Å². The summed E-state index contributed by atoms with van der Waals surface area (Å²) in [5.41, 5.74) is 5.73. The fourth-order valence-corrected chi connectivity index (χ4v) is 5.90. The Balaban J connectivity index is 1.44. The van der Waals surface area contributed by atoms with Crippen molar-refractivity contribution >= 4 is 53.3 Å². The molecule has 0 fully saturated rings. The molecule has 3 aromatic heterocycles. The number of rotatable bonds is 2. The molecule has 0 spiro atoms. The average molecular weight is 427 g/mol. The van der Waals surface area contributed by atoms with Crippen LogP contribution in [0.4, 0.5) is 0 Å². The SMILES string of the molecule is c1cc(-c2cc3sc4ccccc4c3cn2)cc(-n2c3ccccc3c3ccccc32)c1. The monoisotopic (exact) mass is 426 g/mol. The number of thiophene rings is 1. The highest BCUT2D eigenvalue weighted by atomic mass is 32.1. The summed E-state index contributed by atoms with van der Waals surface area (Å²) < 4.78 is 4.94. The second kappa shape index (κ2) is 6.78. The van der Waals surface area contributed by atoms with Gasteiger partial charge < -0.3 is 4.57 Å². The highest BCUT2D eigenvalue weighted by Crippen LogP contribution is 2.36. The molecule has 0 bridgehead atoms. The van der Waals surface area contributed by atoms with Gasteiger partial charge in [0.25, 0.3) is 0 Å². The lowest BCUT2D eigenvalue weighted by molar-refractivity contribution is 1.18. The van der Waals surface area contributed by atoms with Crippen molar-refractivity contribution in [3.8, 4) is 16.9 Å². The van der Waals surface area contributed by atoms with Gasteiger partial charge >= 0.3 is 0 Å². The highest BCUT2D eigenvalue weighted by Gasteiger charge is 2.13. The predicted molar refractivity (Wildman–Crippen MR) is 137 cm³/mol. The molecular weight excluding hydrogens is 408 g/mol. The third-order valence-electron chi connectivity index (χ3n) is 6.24. The maximum Gasteiger partial charge on any atom is 0.0717 e. The Morgan fingerprint density at radius 1 is 0.562 bits per heavy atom. The second-order valence-corrected chi connectivity index (χ2v) is 9.17. The van der Waals surface area contributed by atoms with Crippen molar-refractivity contribution in [2.75, 3.05) is 0 Å². The zero-order chi connectivity index (χ0) is 21.1. The third kappa shape index (κ3) is 2.55. The molecule has 3 heteroatoms. The van der Waals surface area contributed by atoms with E-state index < -0.39 is 0 Å². The summed E-state index contributed by atoms with van der Waals surface area (Å²) in [4.78, 5) is 4.84. The molecule has 0 N–H and O–H groups in total. The molecule has 0 atom stereocenters. The minimum absolute atomic E-state index is 1.01. The Morgan fingerprint density at radius 3 is 2.03 bits per heavy atom. The number of pyridine rings is 1. The lowest BCUT2D eigenvalue weighted by atomic mass is 10.1.